The molecule has 3 rings (SSSR count). The highest BCUT2D eigenvalue weighted by Crippen LogP contribution is 2.40. The van der Waals surface area contributed by atoms with Gasteiger partial charge >= 0.3 is 0 Å². The van der Waals surface area contributed by atoms with Crippen molar-refractivity contribution in [3.05, 3.63) is 0 Å². The van der Waals surface area contributed by atoms with Gasteiger partial charge in [0.2, 0.25) is 0 Å². The van der Waals surface area contributed by atoms with Crippen LogP contribution in [-0.4, -0.2) is 6.04 Å². The van der Waals surface area contributed by atoms with Gasteiger partial charge in [-0.3, -0.25) is 0 Å². The Morgan fingerprint density at radius 1 is 1.18 bits per heavy atom. The molecule has 11 heavy (non-hydrogen) atoms. The zero-order chi connectivity index (χ0) is 7.68. The van der Waals surface area contributed by atoms with Gasteiger partial charge < -0.3 is 5.32 Å². The van der Waals surface area contributed by atoms with E-state index in [1.54, 1.807) is 0 Å². The Morgan fingerprint density at radius 3 is 2.36 bits per heavy atom. The van der Waals surface area contributed by atoms with Gasteiger partial charge in [0.15, 0.2) is 6.19 Å². The van der Waals surface area contributed by atoms with Gasteiger partial charge in [0.1, 0.15) is 0 Å². The Labute approximate surface area is 67.6 Å². The fourth-order valence-corrected chi connectivity index (χ4v) is 2.64. The molecule has 3 aliphatic rings. The number of rotatable bonds is 1. The summed E-state index contributed by atoms with van der Waals surface area (Å²) in [7, 11) is 0. The minimum Gasteiger partial charge on any atom is -0.320 e. The highest BCUT2D eigenvalue weighted by molar-refractivity contribution is 4.93. The van der Waals surface area contributed by atoms with Crippen molar-refractivity contribution in [1.29, 1.82) is 5.26 Å². The first-order valence-electron chi connectivity index (χ1n) is 4.55. The van der Waals surface area contributed by atoms with Crippen molar-refractivity contribution in [3.8, 4) is 6.19 Å². The topological polar surface area (TPSA) is 35.8 Å². The maximum Gasteiger partial charge on any atom is 0.176 e. The summed E-state index contributed by atoms with van der Waals surface area (Å²) in [6, 6.07) is 0.521. The molecule has 0 radical (unpaired) electrons. The zero-order valence-electron chi connectivity index (χ0n) is 6.71. The average Bonchev–Trinajstić information content (AvgIpc) is 2.07. The highest BCUT2D eigenvalue weighted by Gasteiger charge is 2.35. The number of hydrogen-bond acceptors (Lipinski definition) is 2. The largest absolute Gasteiger partial charge is 0.320 e. The summed E-state index contributed by atoms with van der Waals surface area (Å²) in [6.07, 6.45) is 8.84. The predicted molar refractivity (Wildman–Crippen MR) is 42.6 cm³/mol. The van der Waals surface area contributed by atoms with Crippen molar-refractivity contribution in [1.82, 2.24) is 5.32 Å². The summed E-state index contributed by atoms with van der Waals surface area (Å²) in [5, 5.41) is 11.4. The Kier molecular flexibility index (Phi) is 1.73. The first kappa shape index (κ1) is 6.97. The van der Waals surface area contributed by atoms with E-state index in [2.05, 4.69) is 11.5 Å². The summed E-state index contributed by atoms with van der Waals surface area (Å²) < 4.78 is 0. The van der Waals surface area contributed by atoms with Crippen molar-refractivity contribution >= 4 is 0 Å². The molecule has 0 aromatic carbocycles. The lowest BCUT2D eigenvalue weighted by atomic mass is 9.68. The van der Waals surface area contributed by atoms with Gasteiger partial charge in [-0.2, -0.15) is 5.26 Å². The summed E-state index contributed by atoms with van der Waals surface area (Å²) in [5.74, 6) is 1.73. The van der Waals surface area contributed by atoms with Gasteiger partial charge in [0.05, 0.1) is 0 Å². The lowest BCUT2D eigenvalue weighted by molar-refractivity contribution is 0.134. The Bertz CT molecular complexity index is 174. The Balaban J connectivity index is 1.98. The molecule has 0 spiro atoms. The molecule has 1 unspecified atom stereocenters. The fourth-order valence-electron chi connectivity index (χ4n) is 2.64. The van der Waals surface area contributed by atoms with Gasteiger partial charge in [-0.05, 0) is 31.1 Å². The van der Waals surface area contributed by atoms with Crippen LogP contribution in [0.25, 0.3) is 0 Å². The van der Waals surface area contributed by atoms with Crippen LogP contribution >= 0.6 is 0 Å². The third-order valence-electron chi connectivity index (χ3n) is 3.30. The summed E-state index contributed by atoms with van der Waals surface area (Å²) in [4.78, 5) is 0. The first-order chi connectivity index (χ1) is 5.40. The van der Waals surface area contributed by atoms with E-state index in [1.165, 1.54) is 32.1 Å². The van der Waals surface area contributed by atoms with E-state index < -0.39 is 0 Å². The van der Waals surface area contributed by atoms with Crippen molar-refractivity contribution < 1.29 is 0 Å². The van der Waals surface area contributed by atoms with Crippen LogP contribution < -0.4 is 5.32 Å². The number of fused-ring (bicyclic) bond motifs is 3. The quantitative estimate of drug-likeness (QED) is 0.455. The van der Waals surface area contributed by atoms with Crippen LogP contribution in [0.15, 0.2) is 0 Å². The minimum atomic E-state index is 0.521. The van der Waals surface area contributed by atoms with Crippen LogP contribution in [-0.2, 0) is 0 Å². The van der Waals surface area contributed by atoms with Crippen molar-refractivity contribution in [3.63, 3.8) is 0 Å². The van der Waals surface area contributed by atoms with Crippen molar-refractivity contribution in [2.75, 3.05) is 0 Å². The molecule has 2 nitrogen and oxygen atoms in total. The average molecular weight is 150 g/mol. The van der Waals surface area contributed by atoms with Crippen LogP contribution in [0.1, 0.15) is 32.1 Å². The fraction of sp³-hybridized carbons (Fsp3) is 0.889. The molecule has 2 bridgehead atoms. The molecule has 3 saturated carbocycles. The second-order valence-electron chi connectivity index (χ2n) is 3.88. The molecular weight excluding hydrogens is 136 g/mol. The Morgan fingerprint density at radius 2 is 1.91 bits per heavy atom. The smallest absolute Gasteiger partial charge is 0.176 e. The maximum absolute atomic E-state index is 8.49. The minimum absolute atomic E-state index is 0.521. The molecule has 0 aliphatic heterocycles. The van der Waals surface area contributed by atoms with E-state index in [-0.39, 0.29) is 0 Å². The molecule has 1 atom stereocenters. The lowest BCUT2D eigenvalue weighted by Crippen LogP contribution is -2.42. The molecule has 2 heteroatoms. The molecule has 60 valence electrons. The first-order valence-corrected chi connectivity index (χ1v) is 4.55. The summed E-state index contributed by atoms with van der Waals surface area (Å²) >= 11 is 0. The second-order valence-corrected chi connectivity index (χ2v) is 3.88. The number of nitrogens with zero attached hydrogens (tertiary/aromatic N) is 1. The zero-order valence-corrected chi connectivity index (χ0v) is 6.71. The number of nitriles is 1. The molecule has 0 heterocycles. The van der Waals surface area contributed by atoms with E-state index in [4.69, 9.17) is 5.26 Å². The molecule has 0 aromatic heterocycles. The van der Waals surface area contributed by atoms with E-state index in [0.29, 0.717) is 6.04 Å². The third-order valence-corrected chi connectivity index (χ3v) is 3.30. The van der Waals surface area contributed by atoms with Gasteiger partial charge in [-0.1, -0.05) is 12.8 Å². The molecular formula is C9H14N2. The highest BCUT2D eigenvalue weighted by atomic mass is 14.9. The lowest BCUT2D eigenvalue weighted by Gasteiger charge is -2.41. The van der Waals surface area contributed by atoms with Crippen LogP contribution in [0.2, 0.25) is 0 Å². The van der Waals surface area contributed by atoms with Gasteiger partial charge in [0, 0.05) is 6.04 Å². The van der Waals surface area contributed by atoms with Crippen LogP contribution in [0.5, 0.6) is 0 Å². The molecule has 3 aliphatic carbocycles. The van der Waals surface area contributed by atoms with E-state index in [9.17, 15) is 0 Å². The van der Waals surface area contributed by atoms with Crippen molar-refractivity contribution in [2.45, 2.75) is 38.1 Å². The van der Waals surface area contributed by atoms with Crippen LogP contribution in [0.3, 0.4) is 0 Å². The monoisotopic (exact) mass is 150 g/mol. The number of hydrogen-bond donors (Lipinski definition) is 1. The molecule has 0 amide bonds. The molecule has 0 saturated heterocycles. The standard InChI is InChI=1S/C9H14N2/c10-6-11-9-5-7-1-3-8(9)4-2-7/h7-9,11H,1-5H2. The summed E-state index contributed by atoms with van der Waals surface area (Å²) in [6.45, 7) is 0. The van der Waals surface area contributed by atoms with Crippen molar-refractivity contribution in [2.24, 2.45) is 11.8 Å². The normalized spacial score (nSPS) is 41.5. The Hall–Kier alpha value is -0.710. The van der Waals surface area contributed by atoms with E-state index in [0.717, 1.165) is 11.8 Å². The molecule has 3 fully saturated rings. The van der Waals surface area contributed by atoms with Crippen LogP contribution in [0, 0.1) is 23.3 Å². The molecule has 0 aromatic rings. The predicted octanol–water partition coefficient (Wildman–Crippen LogP) is 1.64. The van der Waals surface area contributed by atoms with Crippen LogP contribution in [0.4, 0.5) is 0 Å². The number of nitrogens with one attached hydrogen (secondary N) is 1. The SMILES string of the molecule is N#CNC1CC2CCC1CC2. The van der Waals surface area contributed by atoms with Gasteiger partial charge in [0.25, 0.3) is 0 Å². The molecule has 1 N–H and O–H groups in total. The maximum atomic E-state index is 8.49. The van der Waals surface area contributed by atoms with E-state index in [1.807, 2.05) is 0 Å². The third kappa shape index (κ3) is 1.20. The summed E-state index contributed by atoms with van der Waals surface area (Å²) in [5.41, 5.74) is 0. The second kappa shape index (κ2) is 2.73. The van der Waals surface area contributed by atoms with Gasteiger partial charge in [-0.25, -0.2) is 0 Å². The van der Waals surface area contributed by atoms with E-state index >= 15 is 0 Å². The van der Waals surface area contributed by atoms with Gasteiger partial charge in [-0.15, -0.1) is 0 Å².